The molecule has 1 N–H and O–H groups in total. The van der Waals surface area contributed by atoms with Crippen molar-refractivity contribution in [2.24, 2.45) is 0 Å². The Kier molecular flexibility index (Phi) is 4.20. The summed E-state index contributed by atoms with van der Waals surface area (Å²) in [7, 11) is 0. The van der Waals surface area contributed by atoms with E-state index < -0.39 is 0 Å². The lowest BCUT2D eigenvalue weighted by molar-refractivity contribution is 0.0304. The quantitative estimate of drug-likeness (QED) is 0.923. The Balaban J connectivity index is 1.81. The van der Waals surface area contributed by atoms with Gasteiger partial charge in [0.25, 0.3) is 0 Å². The third kappa shape index (κ3) is 3.11. The fraction of sp³-hybridized carbons (Fsp3) is 0.625. The maximum atomic E-state index is 6.21. The first kappa shape index (κ1) is 14.2. The molecule has 0 saturated carbocycles. The fourth-order valence-corrected chi connectivity index (χ4v) is 3.27. The highest BCUT2D eigenvalue weighted by Gasteiger charge is 2.34. The molecule has 0 aliphatic carbocycles. The van der Waals surface area contributed by atoms with E-state index >= 15 is 0 Å². The molecule has 3 rings (SSSR count). The third-order valence-corrected chi connectivity index (χ3v) is 4.37. The van der Waals surface area contributed by atoms with Crippen molar-refractivity contribution in [3.8, 4) is 0 Å². The van der Waals surface area contributed by atoms with Crippen LogP contribution >= 0.6 is 11.6 Å². The van der Waals surface area contributed by atoms with E-state index in [1.54, 1.807) is 0 Å². The second-order valence-electron chi connectivity index (χ2n) is 6.17. The van der Waals surface area contributed by atoms with Gasteiger partial charge in [0.05, 0.1) is 12.2 Å². The van der Waals surface area contributed by atoms with Gasteiger partial charge in [-0.15, -0.1) is 0 Å². The Labute approximate surface area is 126 Å². The van der Waals surface area contributed by atoms with Crippen molar-refractivity contribution in [2.45, 2.75) is 51.5 Å². The lowest BCUT2D eigenvalue weighted by Crippen LogP contribution is -2.43. The van der Waals surface area contributed by atoms with E-state index in [2.05, 4.69) is 36.2 Å². The van der Waals surface area contributed by atoms with Gasteiger partial charge in [0.15, 0.2) is 0 Å². The molecule has 110 valence electrons. The SMILES string of the molecule is CC(C)NCc1ccc(Cl)cc1N1CC2CCC(C1)O2. The normalized spacial score (nSPS) is 25.5. The summed E-state index contributed by atoms with van der Waals surface area (Å²) in [6, 6.07) is 6.71. The number of fused-ring (bicyclic) bond motifs is 2. The number of rotatable bonds is 4. The molecule has 2 aliphatic rings. The molecule has 1 aromatic carbocycles. The molecule has 2 unspecified atom stereocenters. The molecule has 2 fully saturated rings. The van der Waals surface area contributed by atoms with E-state index in [0.717, 1.165) is 24.7 Å². The van der Waals surface area contributed by atoms with Crippen LogP contribution in [0.3, 0.4) is 0 Å². The van der Waals surface area contributed by atoms with Crippen molar-refractivity contribution < 1.29 is 4.74 Å². The molecule has 2 saturated heterocycles. The maximum absolute atomic E-state index is 6.21. The van der Waals surface area contributed by atoms with Crippen LogP contribution < -0.4 is 10.2 Å². The van der Waals surface area contributed by atoms with Gasteiger partial charge in [-0.2, -0.15) is 0 Å². The molecule has 2 heterocycles. The second kappa shape index (κ2) is 5.92. The van der Waals surface area contributed by atoms with Crippen LogP contribution in [0.25, 0.3) is 0 Å². The minimum Gasteiger partial charge on any atom is -0.371 e. The van der Waals surface area contributed by atoms with E-state index in [9.17, 15) is 0 Å². The number of nitrogens with zero attached hydrogens (tertiary/aromatic N) is 1. The molecule has 3 nitrogen and oxygen atoms in total. The standard InChI is InChI=1S/C16H23ClN2O/c1-11(2)18-8-12-3-4-13(17)7-16(12)19-9-14-5-6-15(10-19)20-14/h3-4,7,11,14-15,18H,5-6,8-10H2,1-2H3. The highest BCUT2D eigenvalue weighted by atomic mass is 35.5. The fourth-order valence-electron chi connectivity index (χ4n) is 3.11. The van der Waals surface area contributed by atoms with Gasteiger partial charge >= 0.3 is 0 Å². The molecule has 2 atom stereocenters. The number of hydrogen-bond acceptors (Lipinski definition) is 3. The minimum absolute atomic E-state index is 0.402. The topological polar surface area (TPSA) is 24.5 Å². The number of benzene rings is 1. The lowest BCUT2D eigenvalue weighted by Gasteiger charge is -2.35. The van der Waals surface area contributed by atoms with Gasteiger partial charge in [-0.3, -0.25) is 0 Å². The molecule has 0 radical (unpaired) electrons. The van der Waals surface area contributed by atoms with E-state index in [4.69, 9.17) is 16.3 Å². The van der Waals surface area contributed by atoms with Crippen LogP contribution in [0, 0.1) is 0 Å². The monoisotopic (exact) mass is 294 g/mol. The van der Waals surface area contributed by atoms with Crippen LogP contribution in [0.5, 0.6) is 0 Å². The van der Waals surface area contributed by atoms with Crippen molar-refractivity contribution in [3.05, 3.63) is 28.8 Å². The van der Waals surface area contributed by atoms with Crippen LogP contribution in [0.1, 0.15) is 32.3 Å². The molecule has 0 aromatic heterocycles. The first-order chi connectivity index (χ1) is 9.61. The summed E-state index contributed by atoms with van der Waals surface area (Å²) in [5.74, 6) is 0. The Hall–Kier alpha value is -0.770. The van der Waals surface area contributed by atoms with Crippen molar-refractivity contribution in [2.75, 3.05) is 18.0 Å². The van der Waals surface area contributed by atoms with Crippen LogP contribution in [-0.4, -0.2) is 31.3 Å². The van der Waals surface area contributed by atoms with Gasteiger partial charge in [-0.05, 0) is 30.5 Å². The van der Waals surface area contributed by atoms with Crippen molar-refractivity contribution >= 4 is 17.3 Å². The number of anilines is 1. The lowest BCUT2D eigenvalue weighted by atomic mass is 10.1. The van der Waals surface area contributed by atoms with E-state index in [1.165, 1.54) is 24.1 Å². The van der Waals surface area contributed by atoms with Crippen molar-refractivity contribution in [1.82, 2.24) is 5.32 Å². The zero-order valence-corrected chi connectivity index (χ0v) is 13.0. The molecule has 0 spiro atoms. The Bertz CT molecular complexity index is 466. The molecule has 0 amide bonds. The average molecular weight is 295 g/mol. The summed E-state index contributed by atoms with van der Waals surface area (Å²) in [6.07, 6.45) is 3.19. The molecule has 1 aromatic rings. The molecular weight excluding hydrogens is 272 g/mol. The highest BCUT2D eigenvalue weighted by molar-refractivity contribution is 6.30. The van der Waals surface area contributed by atoms with Gasteiger partial charge < -0.3 is 15.0 Å². The largest absolute Gasteiger partial charge is 0.371 e. The van der Waals surface area contributed by atoms with Gasteiger partial charge in [0.1, 0.15) is 0 Å². The summed E-state index contributed by atoms with van der Waals surface area (Å²) in [4.78, 5) is 2.45. The predicted octanol–water partition coefficient (Wildman–Crippen LogP) is 3.21. The minimum atomic E-state index is 0.402. The van der Waals surface area contributed by atoms with Crippen molar-refractivity contribution in [1.29, 1.82) is 0 Å². The number of nitrogens with one attached hydrogen (secondary N) is 1. The first-order valence-electron chi connectivity index (χ1n) is 7.54. The maximum Gasteiger partial charge on any atom is 0.0755 e. The number of hydrogen-bond donors (Lipinski definition) is 1. The average Bonchev–Trinajstić information content (AvgIpc) is 2.76. The Morgan fingerprint density at radius 3 is 2.65 bits per heavy atom. The van der Waals surface area contributed by atoms with E-state index in [-0.39, 0.29) is 0 Å². The predicted molar refractivity (Wildman–Crippen MR) is 83.5 cm³/mol. The first-order valence-corrected chi connectivity index (χ1v) is 7.92. The highest BCUT2D eigenvalue weighted by Crippen LogP contribution is 2.32. The summed E-state index contributed by atoms with van der Waals surface area (Å²) >= 11 is 6.21. The molecular formula is C16H23ClN2O. The van der Waals surface area contributed by atoms with Crippen molar-refractivity contribution in [3.63, 3.8) is 0 Å². The van der Waals surface area contributed by atoms with E-state index in [0.29, 0.717) is 18.2 Å². The molecule has 2 bridgehead atoms. The zero-order valence-electron chi connectivity index (χ0n) is 12.2. The van der Waals surface area contributed by atoms with Gasteiger partial charge in [-0.25, -0.2) is 0 Å². The number of morpholine rings is 1. The summed E-state index contributed by atoms with van der Waals surface area (Å²) < 4.78 is 5.93. The van der Waals surface area contributed by atoms with Gasteiger partial charge in [0, 0.05) is 36.4 Å². The smallest absolute Gasteiger partial charge is 0.0755 e. The molecule has 20 heavy (non-hydrogen) atoms. The zero-order chi connectivity index (χ0) is 14.1. The van der Waals surface area contributed by atoms with Crippen LogP contribution in [0.2, 0.25) is 5.02 Å². The second-order valence-corrected chi connectivity index (χ2v) is 6.61. The number of ether oxygens (including phenoxy) is 1. The molecule has 2 aliphatic heterocycles. The Morgan fingerprint density at radius 2 is 2.00 bits per heavy atom. The van der Waals surface area contributed by atoms with E-state index in [1.807, 2.05) is 6.07 Å². The van der Waals surface area contributed by atoms with Gasteiger partial charge in [-0.1, -0.05) is 31.5 Å². The van der Waals surface area contributed by atoms with Crippen LogP contribution in [0.4, 0.5) is 5.69 Å². The summed E-state index contributed by atoms with van der Waals surface area (Å²) in [5, 5.41) is 4.31. The molecule has 4 heteroatoms. The Morgan fingerprint density at radius 1 is 1.30 bits per heavy atom. The third-order valence-electron chi connectivity index (χ3n) is 4.13. The summed E-state index contributed by atoms with van der Waals surface area (Å²) in [5.41, 5.74) is 2.59. The van der Waals surface area contributed by atoms with Crippen LogP contribution in [0.15, 0.2) is 18.2 Å². The number of halogens is 1. The van der Waals surface area contributed by atoms with Gasteiger partial charge in [0.2, 0.25) is 0 Å². The van der Waals surface area contributed by atoms with Crippen LogP contribution in [-0.2, 0) is 11.3 Å². The summed E-state index contributed by atoms with van der Waals surface area (Å²) in [6.45, 7) is 7.21.